The smallest absolute Gasteiger partial charge is 0.294 e. The van der Waals surface area contributed by atoms with Gasteiger partial charge in [-0.1, -0.05) is 36.4 Å². The summed E-state index contributed by atoms with van der Waals surface area (Å²) in [5, 5.41) is 0. The molecule has 2 aromatic carbocycles. The first-order valence-electron chi connectivity index (χ1n) is 6.75. The van der Waals surface area contributed by atoms with Gasteiger partial charge in [-0.05, 0) is 30.4 Å². The summed E-state index contributed by atoms with van der Waals surface area (Å²) in [6.45, 7) is 0. The zero-order chi connectivity index (χ0) is 16.2. The number of hydrogen-bond acceptors (Lipinski definition) is 2. The molecule has 0 bridgehead atoms. The van der Waals surface area contributed by atoms with E-state index in [1.165, 1.54) is 18.2 Å². The number of ketones is 1. The number of aryl methyl sites for hydroxylation is 1. The van der Waals surface area contributed by atoms with E-state index in [1.807, 2.05) is 30.5 Å². The lowest BCUT2D eigenvalue weighted by molar-refractivity contribution is -0.137. The average Bonchev–Trinajstić information content (AvgIpc) is 2.52. The fourth-order valence-corrected chi connectivity index (χ4v) is 2.91. The highest BCUT2D eigenvalue weighted by Gasteiger charge is 2.34. The highest BCUT2D eigenvalue weighted by Crippen LogP contribution is 2.32. The lowest BCUT2D eigenvalue weighted by Crippen LogP contribution is -2.13. The molecule has 0 aliphatic carbocycles. The average molecular weight is 324 g/mol. The Kier molecular flexibility index (Phi) is 5.29. The zero-order valence-corrected chi connectivity index (χ0v) is 12.8. The van der Waals surface area contributed by atoms with Crippen LogP contribution >= 0.6 is 11.8 Å². The Labute approximate surface area is 131 Å². The Morgan fingerprint density at radius 1 is 1.05 bits per heavy atom. The van der Waals surface area contributed by atoms with Crippen molar-refractivity contribution in [1.29, 1.82) is 0 Å². The molecule has 0 saturated heterocycles. The van der Waals surface area contributed by atoms with Gasteiger partial charge in [0.2, 0.25) is 0 Å². The van der Waals surface area contributed by atoms with E-state index < -0.39 is 17.5 Å². The van der Waals surface area contributed by atoms with Crippen LogP contribution in [0.3, 0.4) is 0 Å². The maximum atomic E-state index is 12.9. The van der Waals surface area contributed by atoms with Crippen molar-refractivity contribution < 1.29 is 18.0 Å². The van der Waals surface area contributed by atoms with Crippen LogP contribution < -0.4 is 0 Å². The Morgan fingerprint density at radius 2 is 1.68 bits per heavy atom. The molecule has 2 rings (SSSR count). The summed E-state index contributed by atoms with van der Waals surface area (Å²) in [4.78, 5) is 13.2. The maximum absolute atomic E-state index is 12.9. The van der Waals surface area contributed by atoms with Crippen LogP contribution in [0.4, 0.5) is 13.2 Å². The van der Waals surface area contributed by atoms with Crippen molar-refractivity contribution in [2.24, 2.45) is 0 Å². The van der Waals surface area contributed by atoms with Gasteiger partial charge in [-0.3, -0.25) is 4.79 Å². The van der Waals surface area contributed by atoms with E-state index in [-0.39, 0.29) is 12.0 Å². The molecule has 0 spiro atoms. The number of alkyl halides is 3. The van der Waals surface area contributed by atoms with Crippen LogP contribution in [0, 0.1) is 0 Å². The third kappa shape index (κ3) is 3.91. The minimum absolute atomic E-state index is 0.0602. The molecule has 0 atom stereocenters. The van der Waals surface area contributed by atoms with Crippen molar-refractivity contribution in [3.63, 3.8) is 0 Å². The molecule has 0 aliphatic heterocycles. The van der Waals surface area contributed by atoms with E-state index in [2.05, 4.69) is 0 Å². The van der Waals surface area contributed by atoms with Gasteiger partial charge < -0.3 is 0 Å². The van der Waals surface area contributed by atoms with Crippen LogP contribution in [-0.4, -0.2) is 12.0 Å². The molecular weight excluding hydrogens is 309 g/mol. The van der Waals surface area contributed by atoms with Crippen molar-refractivity contribution in [3.05, 3.63) is 65.2 Å². The largest absolute Gasteiger partial charge is 0.417 e. The minimum Gasteiger partial charge on any atom is -0.294 e. The molecule has 0 fully saturated rings. The number of carbonyl (C=O) groups excluding carboxylic acids is 1. The quantitative estimate of drug-likeness (QED) is 0.552. The van der Waals surface area contributed by atoms with Crippen LogP contribution in [0.25, 0.3) is 0 Å². The number of benzene rings is 2. The van der Waals surface area contributed by atoms with Crippen LogP contribution in [0.5, 0.6) is 0 Å². The fraction of sp³-hybridized carbons (Fsp3) is 0.235. The van der Waals surface area contributed by atoms with Crippen LogP contribution in [0.2, 0.25) is 0 Å². The maximum Gasteiger partial charge on any atom is 0.417 e. The van der Waals surface area contributed by atoms with Gasteiger partial charge in [0, 0.05) is 16.9 Å². The summed E-state index contributed by atoms with van der Waals surface area (Å²) in [5.74, 6) is -0.483. The third-order valence-corrected chi connectivity index (χ3v) is 4.18. The summed E-state index contributed by atoms with van der Waals surface area (Å²) in [6.07, 6.45) is -2.09. The van der Waals surface area contributed by atoms with E-state index in [9.17, 15) is 18.0 Å². The van der Waals surface area contributed by atoms with E-state index >= 15 is 0 Å². The molecule has 116 valence electrons. The lowest BCUT2D eigenvalue weighted by Gasteiger charge is -2.12. The standard InChI is InChI=1S/C17H15F3OS/c1-22-16-9-5-2-6-12(16)10-11-15(21)13-7-3-4-8-14(13)17(18,19)20/h2-9H,10-11H2,1H3. The minimum atomic E-state index is -4.51. The normalized spacial score (nSPS) is 11.5. The van der Waals surface area contributed by atoms with Gasteiger partial charge in [0.1, 0.15) is 0 Å². The Bertz CT molecular complexity index is 665. The molecule has 0 aromatic heterocycles. The monoisotopic (exact) mass is 324 g/mol. The van der Waals surface area contributed by atoms with E-state index in [1.54, 1.807) is 11.8 Å². The highest BCUT2D eigenvalue weighted by molar-refractivity contribution is 7.98. The topological polar surface area (TPSA) is 17.1 Å². The van der Waals surface area contributed by atoms with Crippen LogP contribution in [0.15, 0.2) is 53.4 Å². The molecular formula is C17H15F3OS. The molecule has 1 nitrogen and oxygen atoms in total. The Hall–Kier alpha value is -1.75. The van der Waals surface area contributed by atoms with Gasteiger partial charge in [0.25, 0.3) is 0 Å². The van der Waals surface area contributed by atoms with Crippen molar-refractivity contribution in [1.82, 2.24) is 0 Å². The van der Waals surface area contributed by atoms with E-state index in [0.29, 0.717) is 6.42 Å². The van der Waals surface area contributed by atoms with Crippen LogP contribution in [0.1, 0.15) is 27.9 Å². The molecule has 0 saturated carbocycles. The summed E-state index contributed by atoms with van der Waals surface area (Å²) in [5.41, 5.74) is -0.136. The summed E-state index contributed by atoms with van der Waals surface area (Å²) >= 11 is 1.56. The summed E-state index contributed by atoms with van der Waals surface area (Å²) in [7, 11) is 0. The van der Waals surface area contributed by atoms with Crippen molar-refractivity contribution in [3.8, 4) is 0 Å². The summed E-state index contributed by atoms with van der Waals surface area (Å²) < 4.78 is 38.8. The Morgan fingerprint density at radius 3 is 2.36 bits per heavy atom. The zero-order valence-electron chi connectivity index (χ0n) is 12.0. The number of thioether (sulfide) groups is 1. The van der Waals surface area contributed by atoms with Gasteiger partial charge in [0.15, 0.2) is 5.78 Å². The first kappa shape index (κ1) is 16.6. The highest BCUT2D eigenvalue weighted by atomic mass is 32.2. The number of rotatable bonds is 5. The number of Topliss-reactive ketones (excluding diaryl/α,β-unsaturated/α-hetero) is 1. The molecule has 2 aromatic rings. The van der Waals surface area contributed by atoms with E-state index in [0.717, 1.165) is 16.5 Å². The first-order chi connectivity index (χ1) is 10.4. The first-order valence-corrected chi connectivity index (χ1v) is 7.97. The van der Waals surface area contributed by atoms with Crippen LogP contribution in [-0.2, 0) is 12.6 Å². The molecule has 0 radical (unpaired) electrons. The molecule has 0 aliphatic rings. The van der Waals surface area contributed by atoms with Gasteiger partial charge in [-0.2, -0.15) is 13.2 Å². The molecule has 22 heavy (non-hydrogen) atoms. The number of carbonyl (C=O) groups is 1. The molecule has 5 heteroatoms. The second-order valence-corrected chi connectivity index (χ2v) is 5.63. The van der Waals surface area contributed by atoms with Gasteiger partial charge >= 0.3 is 6.18 Å². The number of hydrogen-bond donors (Lipinski definition) is 0. The van der Waals surface area contributed by atoms with Crippen molar-refractivity contribution >= 4 is 17.5 Å². The van der Waals surface area contributed by atoms with Crippen molar-refractivity contribution in [2.75, 3.05) is 6.26 Å². The molecule has 0 amide bonds. The van der Waals surface area contributed by atoms with E-state index in [4.69, 9.17) is 0 Å². The van der Waals surface area contributed by atoms with Crippen molar-refractivity contribution in [2.45, 2.75) is 23.9 Å². The summed E-state index contributed by atoms with van der Waals surface area (Å²) in [6, 6.07) is 12.5. The SMILES string of the molecule is CSc1ccccc1CCC(=O)c1ccccc1C(F)(F)F. The Balaban J connectivity index is 2.17. The second-order valence-electron chi connectivity index (χ2n) is 4.78. The van der Waals surface area contributed by atoms with Gasteiger partial charge in [-0.15, -0.1) is 11.8 Å². The van der Waals surface area contributed by atoms with Gasteiger partial charge in [-0.25, -0.2) is 0 Å². The number of halogens is 3. The predicted molar refractivity (Wildman–Crippen MR) is 82.3 cm³/mol. The second kappa shape index (κ2) is 7.01. The lowest BCUT2D eigenvalue weighted by atomic mass is 9.98. The third-order valence-electron chi connectivity index (χ3n) is 3.35. The predicted octanol–water partition coefficient (Wildman–Crippen LogP) is 5.24. The molecule has 0 N–H and O–H groups in total. The molecule has 0 heterocycles. The fourth-order valence-electron chi connectivity index (χ4n) is 2.27. The molecule has 0 unspecified atom stereocenters. The van der Waals surface area contributed by atoms with Gasteiger partial charge in [0.05, 0.1) is 5.56 Å².